The van der Waals surface area contributed by atoms with E-state index in [1.165, 1.54) is 44.9 Å². The second-order valence-electron chi connectivity index (χ2n) is 14.6. The van der Waals surface area contributed by atoms with Crippen LogP contribution in [-0.4, -0.2) is 37.2 Å². The molecule has 0 aliphatic rings. The van der Waals surface area contributed by atoms with E-state index in [4.69, 9.17) is 14.2 Å². The molecule has 0 aromatic heterocycles. The summed E-state index contributed by atoms with van der Waals surface area (Å²) in [6, 6.07) is 0. The molecule has 0 N–H and O–H groups in total. The standard InChI is InChI=1S/C51H82O6/c1-4-7-10-13-16-19-21-23-25-27-29-32-35-38-41-44-50(53)56-47-48(46-55-49(52)43-40-37-34-31-18-15-12-9-6-3)57-51(54)45-42-39-36-33-30-28-26-24-22-20-17-14-11-8-5-2/h7-14,16-22,31,48H,4-6,15,23-30,32-47H2,1-3H3/b10-7-,11-8-,12-9-,16-13-,17-14-,21-19-,22-20-,31-18-. The minimum atomic E-state index is -0.800. The van der Waals surface area contributed by atoms with Crippen LogP contribution in [0.15, 0.2) is 97.2 Å². The third-order valence-electron chi connectivity index (χ3n) is 9.19. The maximum Gasteiger partial charge on any atom is 0.306 e. The Morgan fingerprint density at radius 1 is 0.368 bits per heavy atom. The van der Waals surface area contributed by atoms with Gasteiger partial charge in [-0.3, -0.25) is 14.4 Å². The highest BCUT2D eigenvalue weighted by molar-refractivity contribution is 5.71. The van der Waals surface area contributed by atoms with Crippen molar-refractivity contribution >= 4 is 17.9 Å². The van der Waals surface area contributed by atoms with Gasteiger partial charge in [0.2, 0.25) is 0 Å². The second kappa shape index (κ2) is 45.0. The Hall–Kier alpha value is -3.67. The summed E-state index contributed by atoms with van der Waals surface area (Å²) in [6.45, 7) is 6.18. The van der Waals surface area contributed by atoms with Gasteiger partial charge in [-0.05, 0) is 83.5 Å². The number of hydrogen-bond donors (Lipinski definition) is 0. The van der Waals surface area contributed by atoms with Crippen molar-refractivity contribution in [2.45, 2.75) is 194 Å². The number of carbonyl (C=O) groups is 3. The van der Waals surface area contributed by atoms with E-state index in [9.17, 15) is 14.4 Å². The lowest BCUT2D eigenvalue weighted by Crippen LogP contribution is -2.30. The molecule has 0 amide bonds. The van der Waals surface area contributed by atoms with Crippen molar-refractivity contribution in [2.75, 3.05) is 13.2 Å². The highest BCUT2D eigenvalue weighted by atomic mass is 16.6. The molecule has 0 aliphatic carbocycles. The Morgan fingerprint density at radius 3 is 1.19 bits per heavy atom. The van der Waals surface area contributed by atoms with Crippen molar-refractivity contribution in [3.8, 4) is 0 Å². The first-order chi connectivity index (χ1) is 28.0. The van der Waals surface area contributed by atoms with Gasteiger partial charge in [-0.1, -0.05) is 182 Å². The lowest BCUT2D eigenvalue weighted by Gasteiger charge is -2.18. The van der Waals surface area contributed by atoms with Gasteiger partial charge in [-0.2, -0.15) is 0 Å². The van der Waals surface area contributed by atoms with E-state index in [1.54, 1.807) is 0 Å². The van der Waals surface area contributed by atoms with Crippen LogP contribution < -0.4 is 0 Å². The molecule has 0 aromatic carbocycles. The van der Waals surface area contributed by atoms with E-state index in [1.807, 2.05) is 0 Å². The van der Waals surface area contributed by atoms with Crippen molar-refractivity contribution in [3.63, 3.8) is 0 Å². The van der Waals surface area contributed by atoms with Gasteiger partial charge < -0.3 is 14.2 Å². The number of rotatable bonds is 39. The molecule has 0 radical (unpaired) electrons. The van der Waals surface area contributed by atoms with Crippen molar-refractivity contribution in [3.05, 3.63) is 97.2 Å². The number of allylic oxidation sites excluding steroid dienone is 16. The molecule has 0 saturated carbocycles. The summed E-state index contributed by atoms with van der Waals surface area (Å²) in [5.41, 5.74) is 0. The van der Waals surface area contributed by atoms with Crippen LogP contribution in [0.3, 0.4) is 0 Å². The van der Waals surface area contributed by atoms with Crippen molar-refractivity contribution in [1.82, 2.24) is 0 Å². The van der Waals surface area contributed by atoms with Gasteiger partial charge in [0, 0.05) is 19.3 Å². The Morgan fingerprint density at radius 2 is 0.719 bits per heavy atom. The second-order valence-corrected chi connectivity index (χ2v) is 14.6. The molecule has 0 saturated heterocycles. The van der Waals surface area contributed by atoms with Crippen LogP contribution in [0.4, 0.5) is 0 Å². The van der Waals surface area contributed by atoms with Crippen LogP contribution in [0.1, 0.15) is 188 Å². The summed E-state index contributed by atoms with van der Waals surface area (Å²) in [6.07, 6.45) is 58.3. The zero-order valence-electron chi connectivity index (χ0n) is 36.6. The molecule has 0 spiro atoms. The minimum Gasteiger partial charge on any atom is -0.462 e. The smallest absolute Gasteiger partial charge is 0.306 e. The van der Waals surface area contributed by atoms with Gasteiger partial charge >= 0.3 is 17.9 Å². The van der Waals surface area contributed by atoms with Gasteiger partial charge in [0.15, 0.2) is 6.10 Å². The fourth-order valence-electron chi connectivity index (χ4n) is 5.83. The fraction of sp³-hybridized carbons (Fsp3) is 0.627. The summed E-state index contributed by atoms with van der Waals surface area (Å²) in [4.78, 5) is 37.7. The molecular weight excluding hydrogens is 709 g/mol. The largest absolute Gasteiger partial charge is 0.462 e. The summed E-state index contributed by atoms with van der Waals surface area (Å²) in [7, 11) is 0. The first-order valence-corrected chi connectivity index (χ1v) is 22.8. The lowest BCUT2D eigenvalue weighted by molar-refractivity contribution is -0.167. The topological polar surface area (TPSA) is 78.9 Å². The molecule has 1 unspecified atom stereocenters. The Labute approximate surface area is 349 Å². The summed E-state index contributed by atoms with van der Waals surface area (Å²) in [5.74, 6) is -0.972. The van der Waals surface area contributed by atoms with Crippen molar-refractivity contribution < 1.29 is 28.6 Å². The van der Waals surface area contributed by atoms with Crippen LogP contribution in [-0.2, 0) is 28.6 Å². The molecule has 1 atom stereocenters. The maximum atomic E-state index is 12.7. The third-order valence-corrected chi connectivity index (χ3v) is 9.19. The molecule has 322 valence electrons. The van der Waals surface area contributed by atoms with Gasteiger partial charge in [0.05, 0.1) is 0 Å². The summed E-state index contributed by atoms with van der Waals surface area (Å²) >= 11 is 0. The Balaban J connectivity index is 4.43. The lowest BCUT2D eigenvalue weighted by atomic mass is 10.1. The van der Waals surface area contributed by atoms with Crippen LogP contribution >= 0.6 is 0 Å². The quantitative estimate of drug-likeness (QED) is 0.0203. The highest BCUT2D eigenvalue weighted by Gasteiger charge is 2.19. The van der Waals surface area contributed by atoms with Gasteiger partial charge in [-0.15, -0.1) is 0 Å². The predicted molar refractivity (Wildman–Crippen MR) is 242 cm³/mol. The average molecular weight is 791 g/mol. The zero-order valence-corrected chi connectivity index (χ0v) is 36.6. The molecule has 6 nitrogen and oxygen atoms in total. The van der Waals surface area contributed by atoms with Crippen molar-refractivity contribution in [1.29, 1.82) is 0 Å². The van der Waals surface area contributed by atoms with Crippen LogP contribution in [0.2, 0.25) is 0 Å². The third kappa shape index (κ3) is 43.3. The van der Waals surface area contributed by atoms with E-state index in [2.05, 4.69) is 118 Å². The summed E-state index contributed by atoms with van der Waals surface area (Å²) < 4.78 is 16.6. The molecule has 0 rings (SSSR count). The van der Waals surface area contributed by atoms with E-state index >= 15 is 0 Å². The molecule has 0 aliphatic heterocycles. The van der Waals surface area contributed by atoms with Gasteiger partial charge in [-0.25, -0.2) is 0 Å². The first kappa shape index (κ1) is 53.3. The molecule has 0 fully saturated rings. The minimum absolute atomic E-state index is 0.101. The predicted octanol–water partition coefficient (Wildman–Crippen LogP) is 14.6. The Bertz CT molecular complexity index is 1180. The van der Waals surface area contributed by atoms with Crippen molar-refractivity contribution in [2.24, 2.45) is 0 Å². The van der Waals surface area contributed by atoms with E-state index in [0.717, 1.165) is 103 Å². The summed E-state index contributed by atoms with van der Waals surface area (Å²) in [5, 5.41) is 0. The molecule has 0 bridgehead atoms. The molecular formula is C51H82O6. The number of carbonyl (C=O) groups excluding carboxylic acids is 3. The normalized spacial score (nSPS) is 13.0. The van der Waals surface area contributed by atoms with Crippen LogP contribution in [0.25, 0.3) is 0 Å². The maximum absolute atomic E-state index is 12.7. The van der Waals surface area contributed by atoms with E-state index in [0.29, 0.717) is 19.3 Å². The molecule has 6 heteroatoms. The van der Waals surface area contributed by atoms with E-state index in [-0.39, 0.29) is 31.1 Å². The molecule has 57 heavy (non-hydrogen) atoms. The fourth-order valence-corrected chi connectivity index (χ4v) is 5.83. The first-order valence-electron chi connectivity index (χ1n) is 22.8. The SMILES string of the molecule is CC\C=C/C=C\C=C/CCCCCCCCCC(=O)OCC(COC(=O)CCCC/C=C\C/C=C\CC)OC(=O)CCCCCCCCC\C=C/C=C\C=C/CC. The van der Waals surface area contributed by atoms with Crippen LogP contribution in [0.5, 0.6) is 0 Å². The molecule has 0 heterocycles. The highest BCUT2D eigenvalue weighted by Crippen LogP contribution is 2.13. The number of hydrogen-bond acceptors (Lipinski definition) is 6. The van der Waals surface area contributed by atoms with Gasteiger partial charge in [0.1, 0.15) is 13.2 Å². The van der Waals surface area contributed by atoms with Gasteiger partial charge in [0.25, 0.3) is 0 Å². The molecule has 0 aromatic rings. The number of ether oxygens (including phenoxy) is 3. The average Bonchev–Trinajstić information content (AvgIpc) is 3.21. The number of unbranched alkanes of at least 4 members (excludes halogenated alkanes) is 16. The number of esters is 3. The Kier molecular flexibility index (Phi) is 42.1. The zero-order chi connectivity index (χ0) is 41.5. The monoisotopic (exact) mass is 791 g/mol. The van der Waals surface area contributed by atoms with Crippen LogP contribution in [0, 0.1) is 0 Å². The van der Waals surface area contributed by atoms with E-state index < -0.39 is 6.10 Å².